The van der Waals surface area contributed by atoms with Crippen molar-refractivity contribution in [3.8, 4) is 0 Å². The highest BCUT2D eigenvalue weighted by Crippen LogP contribution is 1.92. The predicted molar refractivity (Wildman–Crippen MR) is 83.9 cm³/mol. The van der Waals surface area contributed by atoms with E-state index in [9.17, 15) is 0 Å². The summed E-state index contributed by atoms with van der Waals surface area (Å²) in [5.41, 5.74) is 6.63. The number of aryl methyl sites for hydroxylation is 2. The van der Waals surface area contributed by atoms with E-state index in [2.05, 4.69) is 24.0 Å². The van der Waals surface area contributed by atoms with E-state index in [1.165, 1.54) is 5.56 Å². The maximum Gasteiger partial charge on any atom is 0.231 e. The van der Waals surface area contributed by atoms with E-state index >= 15 is 0 Å². The highest BCUT2D eigenvalue weighted by atomic mass is 16.1. The van der Waals surface area contributed by atoms with Gasteiger partial charge in [-0.15, -0.1) is 0 Å². The van der Waals surface area contributed by atoms with E-state index in [1.54, 1.807) is 12.5 Å². The van der Waals surface area contributed by atoms with Crippen LogP contribution in [0.4, 0.5) is 0 Å². The normalized spacial score (nSPS) is 7.55. The van der Waals surface area contributed by atoms with Crippen molar-refractivity contribution in [3.63, 3.8) is 0 Å². The zero-order valence-corrected chi connectivity index (χ0v) is 12.5. The predicted octanol–water partition coefficient (Wildman–Crippen LogP) is 2.03. The monoisotopic (exact) mass is 303 g/mol. The number of carbonyl (C=O) groups excluding carboxylic acids is 2. The van der Waals surface area contributed by atoms with Gasteiger partial charge in [-0.05, 0) is 19.9 Å². The Labute approximate surface area is 129 Å². The molecule has 118 valence electrons. The molecular formula is C15H21N5O2. The first-order valence-electron chi connectivity index (χ1n) is 6.41. The van der Waals surface area contributed by atoms with Crippen LogP contribution in [0.3, 0.4) is 0 Å². The van der Waals surface area contributed by atoms with Crippen molar-refractivity contribution in [2.45, 2.75) is 19.9 Å². The summed E-state index contributed by atoms with van der Waals surface area (Å²) in [5, 5.41) is 10.8. The lowest BCUT2D eigenvalue weighted by molar-refractivity contribution is 0.562. The second kappa shape index (κ2) is 18.1. The van der Waals surface area contributed by atoms with Crippen LogP contribution in [0.1, 0.15) is 12.0 Å². The summed E-state index contributed by atoms with van der Waals surface area (Å²) in [6.45, 7) is 3.81. The Morgan fingerprint density at radius 2 is 1.73 bits per heavy atom. The SMILES string of the molecule is Cc1ccccc1.N=C=O.N=C=O.NCCCn1ccnc1. The summed E-state index contributed by atoms with van der Waals surface area (Å²) in [5.74, 6) is 0. The van der Waals surface area contributed by atoms with Crippen molar-refractivity contribution in [3.05, 3.63) is 54.6 Å². The van der Waals surface area contributed by atoms with E-state index < -0.39 is 0 Å². The van der Waals surface area contributed by atoms with Crippen molar-refractivity contribution in [2.24, 2.45) is 5.73 Å². The average Bonchev–Trinajstić information content (AvgIpc) is 3.01. The largest absolute Gasteiger partial charge is 0.337 e. The van der Waals surface area contributed by atoms with Crippen molar-refractivity contribution in [1.29, 1.82) is 10.8 Å². The fourth-order valence-electron chi connectivity index (χ4n) is 1.23. The Morgan fingerprint density at radius 3 is 2.05 bits per heavy atom. The summed E-state index contributed by atoms with van der Waals surface area (Å²) >= 11 is 0. The van der Waals surface area contributed by atoms with Gasteiger partial charge in [0.05, 0.1) is 6.33 Å². The van der Waals surface area contributed by atoms with Crippen LogP contribution < -0.4 is 5.73 Å². The first kappa shape index (κ1) is 21.4. The van der Waals surface area contributed by atoms with Gasteiger partial charge in [0.25, 0.3) is 0 Å². The van der Waals surface area contributed by atoms with Gasteiger partial charge in [0.1, 0.15) is 0 Å². The molecule has 0 amide bonds. The Kier molecular flexibility index (Phi) is 17.7. The minimum absolute atomic E-state index is 0.748. The van der Waals surface area contributed by atoms with Crippen molar-refractivity contribution in [1.82, 2.24) is 9.55 Å². The summed E-state index contributed by atoms with van der Waals surface area (Å²) in [6.07, 6.45) is 8.04. The molecule has 1 aromatic carbocycles. The molecule has 0 unspecified atom stereocenters. The van der Waals surface area contributed by atoms with Gasteiger partial charge in [0.15, 0.2) is 0 Å². The van der Waals surface area contributed by atoms with E-state index in [-0.39, 0.29) is 0 Å². The molecule has 7 heteroatoms. The summed E-state index contributed by atoms with van der Waals surface area (Å²) in [7, 11) is 0. The molecule has 0 radical (unpaired) electrons. The Morgan fingerprint density at radius 1 is 1.18 bits per heavy atom. The van der Waals surface area contributed by atoms with Gasteiger partial charge in [-0.3, -0.25) is 0 Å². The highest BCUT2D eigenvalue weighted by molar-refractivity contribution is 5.26. The molecule has 0 aliphatic rings. The number of isocyanates is 2. The number of imidazole rings is 1. The van der Waals surface area contributed by atoms with E-state index in [0.29, 0.717) is 0 Å². The number of rotatable bonds is 3. The third-order valence-electron chi connectivity index (χ3n) is 2.12. The van der Waals surface area contributed by atoms with Gasteiger partial charge in [0, 0.05) is 18.9 Å². The number of nitrogens with two attached hydrogens (primary N) is 1. The van der Waals surface area contributed by atoms with Crippen LogP contribution in [0, 0.1) is 17.7 Å². The van der Waals surface area contributed by atoms with Gasteiger partial charge in [-0.2, -0.15) is 0 Å². The molecule has 0 fully saturated rings. The van der Waals surface area contributed by atoms with Gasteiger partial charge in [0.2, 0.25) is 12.2 Å². The second-order valence-corrected chi connectivity index (χ2v) is 3.80. The van der Waals surface area contributed by atoms with Crippen LogP contribution in [-0.4, -0.2) is 28.3 Å². The standard InChI is InChI=1S/C7H8.C6H11N3.2CHNO/c1-7-5-3-2-4-6-7;7-2-1-4-9-5-3-8-6-9;2*2-1-3/h2-6H,1H3;3,5-6H,1-2,4,7H2;2*2H. The molecule has 0 saturated heterocycles. The molecule has 0 atom stereocenters. The summed E-state index contributed by atoms with van der Waals surface area (Å²) < 4.78 is 2.02. The topological polar surface area (TPSA) is 126 Å². The lowest BCUT2D eigenvalue weighted by Gasteiger charge is -1.96. The van der Waals surface area contributed by atoms with E-state index in [4.69, 9.17) is 26.1 Å². The molecule has 1 aromatic heterocycles. The van der Waals surface area contributed by atoms with Crippen LogP contribution in [0.15, 0.2) is 49.1 Å². The van der Waals surface area contributed by atoms with Crippen LogP contribution in [0.25, 0.3) is 0 Å². The molecular weight excluding hydrogens is 282 g/mol. The van der Waals surface area contributed by atoms with Crippen LogP contribution in [-0.2, 0) is 16.1 Å². The molecule has 22 heavy (non-hydrogen) atoms. The van der Waals surface area contributed by atoms with Crippen molar-refractivity contribution >= 4 is 12.2 Å². The molecule has 0 spiro atoms. The molecule has 1 heterocycles. The average molecular weight is 303 g/mol. The van der Waals surface area contributed by atoms with Gasteiger partial charge >= 0.3 is 0 Å². The molecule has 2 rings (SSSR count). The quantitative estimate of drug-likeness (QED) is 0.592. The maximum atomic E-state index is 8.35. The fraction of sp³-hybridized carbons (Fsp3) is 0.267. The smallest absolute Gasteiger partial charge is 0.231 e. The first-order valence-corrected chi connectivity index (χ1v) is 6.41. The fourth-order valence-corrected chi connectivity index (χ4v) is 1.23. The Hall–Kier alpha value is -2.85. The first-order chi connectivity index (χ1) is 10.7. The van der Waals surface area contributed by atoms with Gasteiger partial charge < -0.3 is 10.3 Å². The number of nitrogens with zero attached hydrogens (tertiary/aromatic N) is 2. The molecule has 0 aliphatic carbocycles. The van der Waals surface area contributed by atoms with E-state index in [1.807, 2.05) is 29.0 Å². The zero-order valence-electron chi connectivity index (χ0n) is 12.5. The molecule has 4 N–H and O–H groups in total. The maximum absolute atomic E-state index is 8.35. The van der Waals surface area contributed by atoms with Gasteiger partial charge in [-0.25, -0.2) is 25.4 Å². The minimum Gasteiger partial charge on any atom is -0.337 e. The lowest BCUT2D eigenvalue weighted by Crippen LogP contribution is -2.03. The third kappa shape index (κ3) is 17.2. The number of hydrogen-bond acceptors (Lipinski definition) is 6. The second-order valence-electron chi connectivity index (χ2n) is 3.80. The minimum atomic E-state index is 0.748. The van der Waals surface area contributed by atoms with Gasteiger partial charge in [-0.1, -0.05) is 35.9 Å². The lowest BCUT2D eigenvalue weighted by atomic mass is 10.2. The number of nitrogens with one attached hydrogen (secondary N) is 2. The summed E-state index contributed by atoms with van der Waals surface area (Å²) in [6, 6.07) is 10.3. The molecule has 0 bridgehead atoms. The van der Waals surface area contributed by atoms with Crippen LogP contribution >= 0.6 is 0 Å². The van der Waals surface area contributed by atoms with E-state index in [0.717, 1.165) is 31.7 Å². The Bertz CT molecular complexity index is 502. The molecule has 2 aromatic rings. The van der Waals surface area contributed by atoms with Crippen molar-refractivity contribution < 1.29 is 9.59 Å². The third-order valence-corrected chi connectivity index (χ3v) is 2.12. The Balaban J connectivity index is 0. The highest BCUT2D eigenvalue weighted by Gasteiger charge is 1.85. The summed E-state index contributed by atoms with van der Waals surface area (Å²) in [4.78, 5) is 20.6. The number of benzene rings is 1. The van der Waals surface area contributed by atoms with Crippen LogP contribution in [0.5, 0.6) is 0 Å². The molecule has 0 aliphatic heterocycles. The van der Waals surface area contributed by atoms with Crippen molar-refractivity contribution in [2.75, 3.05) is 6.54 Å². The zero-order chi connectivity index (χ0) is 17.1. The number of aromatic nitrogens is 2. The van der Waals surface area contributed by atoms with Crippen LogP contribution in [0.2, 0.25) is 0 Å². The number of hydrogen-bond donors (Lipinski definition) is 3. The molecule has 7 nitrogen and oxygen atoms in total. The molecule has 0 saturated carbocycles.